The number of carbonyl (C=O) groups excluding carboxylic acids is 1. The molecule has 2 N–H and O–H groups in total. The molecule has 4 nitrogen and oxygen atoms in total. The van der Waals surface area contributed by atoms with E-state index in [1.54, 1.807) is 18.2 Å². The van der Waals surface area contributed by atoms with Crippen molar-refractivity contribution in [3.05, 3.63) is 64.2 Å². The van der Waals surface area contributed by atoms with Crippen LogP contribution in [0.2, 0.25) is 5.15 Å². The number of aromatic nitrogens is 1. The molecule has 0 aliphatic carbocycles. The van der Waals surface area contributed by atoms with E-state index >= 15 is 0 Å². The minimum Gasteiger partial charge on any atom is -0.322 e. The lowest BCUT2D eigenvalue weighted by atomic mass is 10.1. The van der Waals surface area contributed by atoms with E-state index in [4.69, 9.17) is 11.6 Å². The number of amides is 1. The Morgan fingerprint density at radius 2 is 2.14 bits per heavy atom. The van der Waals surface area contributed by atoms with Crippen LogP contribution >= 0.6 is 11.6 Å². The summed E-state index contributed by atoms with van der Waals surface area (Å²) >= 11 is 5.67. The molecule has 2 aromatic rings. The zero-order valence-corrected chi connectivity index (χ0v) is 12.3. The number of carbonyl (C=O) groups is 1. The summed E-state index contributed by atoms with van der Waals surface area (Å²) in [5, 5.41) is 6.04. The molecule has 0 bridgehead atoms. The van der Waals surface area contributed by atoms with Crippen LogP contribution in [0.1, 0.15) is 15.9 Å². The largest absolute Gasteiger partial charge is 0.322 e. The summed E-state index contributed by atoms with van der Waals surface area (Å²) < 4.78 is 14.0. The molecule has 1 aliphatic rings. The molecule has 1 aliphatic heterocycles. The fourth-order valence-electron chi connectivity index (χ4n) is 2.03. The van der Waals surface area contributed by atoms with E-state index in [1.165, 1.54) is 18.3 Å². The maximum atomic E-state index is 14.0. The quantitative estimate of drug-likeness (QED) is 0.855. The van der Waals surface area contributed by atoms with Crippen LogP contribution in [-0.2, 0) is 0 Å². The maximum Gasteiger partial charge on any atom is 0.257 e. The minimum atomic E-state index is -0.369. The first-order valence-corrected chi connectivity index (χ1v) is 7.12. The summed E-state index contributed by atoms with van der Waals surface area (Å²) in [7, 11) is 0. The van der Waals surface area contributed by atoms with Gasteiger partial charge in [0.25, 0.3) is 5.91 Å². The second kappa shape index (κ2) is 6.25. The Morgan fingerprint density at radius 3 is 2.73 bits per heavy atom. The Labute approximate surface area is 132 Å². The van der Waals surface area contributed by atoms with E-state index < -0.39 is 0 Å². The normalized spacial score (nSPS) is 13.5. The molecule has 1 amide bonds. The molecule has 22 heavy (non-hydrogen) atoms. The standard InChI is InChI=1S/C16H13ClFN3O/c17-15-4-2-12(9-20-15)16(22)21-13-3-1-11(14(18)6-13)5-10-7-19-8-10/h1-6,9,19H,7-8H2,(H,21,22). The molecule has 1 fully saturated rings. The van der Waals surface area contributed by atoms with Crippen molar-refractivity contribution in [3.63, 3.8) is 0 Å². The van der Waals surface area contributed by atoms with Gasteiger partial charge in [-0.05, 0) is 35.9 Å². The van der Waals surface area contributed by atoms with Crippen molar-refractivity contribution in [2.75, 3.05) is 18.4 Å². The van der Waals surface area contributed by atoms with Gasteiger partial charge < -0.3 is 10.6 Å². The molecular formula is C16H13ClFN3O. The van der Waals surface area contributed by atoms with Crippen molar-refractivity contribution in [2.24, 2.45) is 0 Å². The van der Waals surface area contributed by atoms with E-state index in [0.717, 1.165) is 18.7 Å². The van der Waals surface area contributed by atoms with Crippen molar-refractivity contribution in [1.82, 2.24) is 10.3 Å². The number of nitrogens with one attached hydrogen (secondary N) is 2. The van der Waals surface area contributed by atoms with Gasteiger partial charge in [-0.15, -0.1) is 0 Å². The van der Waals surface area contributed by atoms with Gasteiger partial charge in [0.15, 0.2) is 0 Å². The van der Waals surface area contributed by atoms with Crippen molar-refractivity contribution in [1.29, 1.82) is 0 Å². The highest BCUT2D eigenvalue weighted by atomic mass is 35.5. The summed E-state index contributed by atoms with van der Waals surface area (Å²) in [6, 6.07) is 7.71. The highest BCUT2D eigenvalue weighted by Gasteiger charge is 2.11. The zero-order chi connectivity index (χ0) is 15.5. The van der Waals surface area contributed by atoms with Crippen LogP contribution in [0.25, 0.3) is 6.08 Å². The van der Waals surface area contributed by atoms with Crippen LogP contribution in [0.15, 0.2) is 42.1 Å². The van der Waals surface area contributed by atoms with Gasteiger partial charge in [0.05, 0.1) is 5.56 Å². The van der Waals surface area contributed by atoms with E-state index in [-0.39, 0.29) is 11.7 Å². The summed E-state index contributed by atoms with van der Waals surface area (Å²) in [6.07, 6.45) is 3.19. The summed E-state index contributed by atoms with van der Waals surface area (Å²) in [5.41, 5.74) is 2.42. The Kier molecular flexibility index (Phi) is 4.18. The van der Waals surface area contributed by atoms with Crippen LogP contribution in [-0.4, -0.2) is 24.0 Å². The lowest BCUT2D eigenvalue weighted by Crippen LogP contribution is -2.33. The molecule has 1 saturated heterocycles. The lowest BCUT2D eigenvalue weighted by molar-refractivity contribution is 0.102. The highest BCUT2D eigenvalue weighted by molar-refractivity contribution is 6.29. The molecule has 2 heterocycles. The van der Waals surface area contributed by atoms with Gasteiger partial charge >= 0.3 is 0 Å². The van der Waals surface area contributed by atoms with Crippen molar-refractivity contribution >= 4 is 29.3 Å². The molecule has 3 rings (SSSR count). The van der Waals surface area contributed by atoms with Gasteiger partial charge in [0.1, 0.15) is 11.0 Å². The third-order valence-corrected chi connectivity index (χ3v) is 3.54. The van der Waals surface area contributed by atoms with Gasteiger partial charge in [-0.3, -0.25) is 4.79 Å². The van der Waals surface area contributed by atoms with Crippen molar-refractivity contribution < 1.29 is 9.18 Å². The molecule has 0 spiro atoms. The average Bonchev–Trinajstić information content (AvgIpc) is 2.45. The van der Waals surface area contributed by atoms with Gasteiger partial charge in [0.2, 0.25) is 0 Å². The number of halogens is 2. The van der Waals surface area contributed by atoms with Gasteiger partial charge in [-0.1, -0.05) is 17.7 Å². The zero-order valence-electron chi connectivity index (χ0n) is 11.6. The first-order chi connectivity index (χ1) is 10.6. The number of benzene rings is 1. The average molecular weight is 318 g/mol. The monoisotopic (exact) mass is 317 g/mol. The van der Waals surface area contributed by atoms with Crippen molar-refractivity contribution in [2.45, 2.75) is 0 Å². The van der Waals surface area contributed by atoms with Crippen molar-refractivity contribution in [3.8, 4) is 0 Å². The third kappa shape index (κ3) is 3.32. The van der Waals surface area contributed by atoms with Gasteiger partial charge in [-0.25, -0.2) is 9.37 Å². The molecule has 1 aromatic heterocycles. The second-order valence-electron chi connectivity index (χ2n) is 4.97. The SMILES string of the molecule is O=C(Nc1ccc(C=C2CNC2)c(F)c1)c1ccc(Cl)nc1. The van der Waals surface area contributed by atoms with E-state index in [2.05, 4.69) is 15.6 Å². The van der Waals surface area contributed by atoms with Gasteiger partial charge in [0, 0.05) is 30.5 Å². The van der Waals surface area contributed by atoms with Crippen LogP contribution in [0.4, 0.5) is 10.1 Å². The van der Waals surface area contributed by atoms with Crippen LogP contribution in [0.3, 0.4) is 0 Å². The second-order valence-corrected chi connectivity index (χ2v) is 5.35. The molecular weight excluding hydrogens is 305 g/mol. The van der Waals surface area contributed by atoms with Crippen LogP contribution in [0.5, 0.6) is 0 Å². The molecule has 0 atom stereocenters. The minimum absolute atomic E-state index is 0.311. The number of nitrogens with zero attached hydrogens (tertiary/aromatic N) is 1. The number of hydrogen-bond donors (Lipinski definition) is 2. The molecule has 6 heteroatoms. The van der Waals surface area contributed by atoms with Crippen LogP contribution < -0.4 is 10.6 Å². The third-order valence-electron chi connectivity index (χ3n) is 3.31. The highest BCUT2D eigenvalue weighted by Crippen LogP contribution is 2.19. The van der Waals surface area contributed by atoms with Crippen LogP contribution in [0, 0.1) is 5.82 Å². The van der Waals surface area contributed by atoms with E-state index in [1.807, 2.05) is 6.08 Å². The lowest BCUT2D eigenvalue weighted by Gasteiger charge is -2.18. The van der Waals surface area contributed by atoms with Gasteiger partial charge in [-0.2, -0.15) is 0 Å². The van der Waals surface area contributed by atoms with E-state index in [0.29, 0.717) is 22.0 Å². The first kappa shape index (κ1) is 14.7. The maximum absolute atomic E-state index is 14.0. The Morgan fingerprint density at radius 1 is 1.32 bits per heavy atom. The predicted octanol–water partition coefficient (Wildman–Crippen LogP) is 3.11. The van der Waals surface area contributed by atoms with E-state index in [9.17, 15) is 9.18 Å². The number of rotatable bonds is 3. The molecule has 0 radical (unpaired) electrons. The molecule has 1 aromatic carbocycles. The topological polar surface area (TPSA) is 54.0 Å². The fraction of sp³-hybridized carbons (Fsp3) is 0.125. The predicted molar refractivity (Wildman–Crippen MR) is 84.4 cm³/mol. The molecule has 0 unspecified atom stereocenters. The Bertz CT molecular complexity index is 738. The Hall–Kier alpha value is -2.24. The fourth-order valence-corrected chi connectivity index (χ4v) is 2.14. The number of pyridine rings is 1. The number of anilines is 1. The smallest absolute Gasteiger partial charge is 0.257 e. The molecule has 0 saturated carbocycles. The summed E-state index contributed by atoms with van der Waals surface area (Å²) in [6.45, 7) is 1.59. The molecule has 112 valence electrons. The summed E-state index contributed by atoms with van der Waals surface area (Å²) in [5.74, 6) is -0.732. The Balaban J connectivity index is 1.73. The number of hydrogen-bond acceptors (Lipinski definition) is 3. The first-order valence-electron chi connectivity index (χ1n) is 6.74. The summed E-state index contributed by atoms with van der Waals surface area (Å²) in [4.78, 5) is 15.9.